The van der Waals surface area contributed by atoms with Crippen molar-refractivity contribution < 1.29 is 30.3 Å². The van der Waals surface area contributed by atoms with Gasteiger partial charge < -0.3 is 30.3 Å². The van der Waals surface area contributed by atoms with Crippen LogP contribution >= 0.6 is 0 Å². The number of hydrogen-bond donors (Lipinski definition) is 5. The summed E-state index contributed by atoms with van der Waals surface area (Å²) >= 11 is 0. The molecule has 1 fully saturated rings. The van der Waals surface area contributed by atoms with Crippen LogP contribution in [0.1, 0.15) is 0 Å². The predicted octanol–water partition coefficient (Wildman–Crippen LogP) is -3.22. The summed E-state index contributed by atoms with van der Waals surface area (Å²) in [6.45, 7) is -0.526. The van der Waals surface area contributed by atoms with Gasteiger partial charge in [-0.15, -0.1) is 0 Å². The second-order valence-corrected chi connectivity index (χ2v) is 2.72. The molecule has 0 aromatic rings. The summed E-state index contributed by atoms with van der Waals surface area (Å²) in [6.07, 6.45) is -7.04. The second-order valence-electron chi connectivity index (χ2n) is 2.72. The first-order valence-electron chi connectivity index (χ1n) is 3.56. The summed E-state index contributed by atoms with van der Waals surface area (Å²) in [5.74, 6) is 0. The maximum atomic E-state index is 9.12. The van der Waals surface area contributed by atoms with Crippen molar-refractivity contribution in [3.05, 3.63) is 0 Å². The highest BCUT2D eigenvalue weighted by molar-refractivity contribution is 4.87. The van der Waals surface area contributed by atoms with E-state index in [1.54, 1.807) is 0 Å². The van der Waals surface area contributed by atoms with Gasteiger partial charge in [0, 0.05) is 0 Å². The van der Waals surface area contributed by atoms with E-state index in [1.807, 2.05) is 0 Å². The summed E-state index contributed by atoms with van der Waals surface area (Å²) in [7, 11) is 0. The zero-order valence-electron chi connectivity index (χ0n) is 6.24. The molecule has 6 heteroatoms. The Hall–Kier alpha value is -0.240. The molecule has 0 aromatic heterocycles. The third kappa shape index (κ3) is 1.58. The van der Waals surface area contributed by atoms with Gasteiger partial charge in [-0.1, -0.05) is 0 Å². The maximum absolute atomic E-state index is 9.12. The van der Waals surface area contributed by atoms with Gasteiger partial charge >= 0.3 is 0 Å². The van der Waals surface area contributed by atoms with E-state index in [-0.39, 0.29) is 0 Å². The Bertz CT molecular complexity index is 146. The van der Waals surface area contributed by atoms with Crippen molar-refractivity contribution in [2.75, 3.05) is 6.61 Å². The van der Waals surface area contributed by atoms with Crippen molar-refractivity contribution in [1.82, 2.24) is 0 Å². The van der Waals surface area contributed by atoms with Crippen molar-refractivity contribution in [2.24, 2.45) is 0 Å². The van der Waals surface area contributed by atoms with E-state index in [4.69, 9.17) is 25.5 Å². The lowest BCUT2D eigenvalue weighted by Gasteiger charge is -2.37. The molecule has 0 aromatic carbocycles. The molecule has 0 spiro atoms. The number of rotatable bonds is 1. The minimum atomic E-state index is -1.57. The van der Waals surface area contributed by atoms with Gasteiger partial charge in [0.15, 0.2) is 6.29 Å². The molecule has 0 amide bonds. The van der Waals surface area contributed by atoms with Crippen LogP contribution in [0.2, 0.25) is 0 Å². The molecule has 0 aliphatic carbocycles. The Morgan fingerprint density at radius 3 is 2.00 bits per heavy atom. The Labute approximate surface area is 68.6 Å². The summed E-state index contributed by atoms with van der Waals surface area (Å²) in [4.78, 5) is 0. The molecule has 0 saturated carbocycles. The fourth-order valence-corrected chi connectivity index (χ4v) is 1.08. The van der Waals surface area contributed by atoms with Crippen LogP contribution in [-0.2, 0) is 4.74 Å². The van der Waals surface area contributed by atoms with E-state index in [0.29, 0.717) is 0 Å². The minimum absolute atomic E-state index is 0.526. The van der Waals surface area contributed by atoms with E-state index < -0.39 is 37.3 Å². The number of hydrogen-bond acceptors (Lipinski definition) is 6. The standard InChI is InChI=1S/C6H12O6/c7-1-2-3(8)4(9)5(10)6(11)12-2/h2-11H,1H2/t2-,3-,4+,5-,6?/m0/s1/i5+1. The average molecular weight is 181 g/mol. The van der Waals surface area contributed by atoms with Gasteiger partial charge in [0.05, 0.1) is 6.61 Å². The fraction of sp³-hybridized carbons (Fsp3) is 1.00. The van der Waals surface area contributed by atoms with Gasteiger partial charge in [0.25, 0.3) is 0 Å². The van der Waals surface area contributed by atoms with Crippen LogP contribution in [0.5, 0.6) is 0 Å². The SMILES string of the molecule is OC[C@@H]1OC(O)[13C@@H](O)[C@H](O)[C@H]1O. The first-order chi connectivity index (χ1) is 5.57. The molecule has 72 valence electrons. The smallest absolute Gasteiger partial charge is 0.184 e. The first kappa shape index (κ1) is 9.85. The van der Waals surface area contributed by atoms with Crippen molar-refractivity contribution >= 4 is 0 Å². The van der Waals surface area contributed by atoms with Gasteiger partial charge in [-0.25, -0.2) is 0 Å². The third-order valence-electron chi connectivity index (χ3n) is 1.87. The quantitative estimate of drug-likeness (QED) is 0.272. The Morgan fingerprint density at radius 1 is 0.917 bits per heavy atom. The second kappa shape index (κ2) is 3.65. The molecule has 1 aliphatic heterocycles. The topological polar surface area (TPSA) is 110 Å². The molecule has 5 N–H and O–H groups in total. The normalized spacial score (nSPS) is 49.2. The highest BCUT2D eigenvalue weighted by Crippen LogP contribution is 2.18. The lowest BCUT2D eigenvalue weighted by atomic mass is 10.1. The van der Waals surface area contributed by atoms with Gasteiger partial charge in [-0.05, 0) is 0 Å². The van der Waals surface area contributed by atoms with Crippen molar-refractivity contribution in [2.45, 2.75) is 30.7 Å². The number of aliphatic hydroxyl groups excluding tert-OH is 5. The maximum Gasteiger partial charge on any atom is 0.184 e. The van der Waals surface area contributed by atoms with E-state index in [2.05, 4.69) is 4.74 Å². The van der Waals surface area contributed by atoms with Gasteiger partial charge in [0.2, 0.25) is 0 Å². The molecule has 1 aliphatic rings. The van der Waals surface area contributed by atoms with Crippen LogP contribution in [-0.4, -0.2) is 62.8 Å². The molecule has 6 nitrogen and oxygen atoms in total. The van der Waals surface area contributed by atoms with Crippen molar-refractivity contribution in [1.29, 1.82) is 0 Å². The Balaban J connectivity index is 2.63. The lowest BCUT2D eigenvalue weighted by Crippen LogP contribution is -2.58. The lowest BCUT2D eigenvalue weighted by molar-refractivity contribution is -0.286. The molecule has 0 radical (unpaired) electrons. The summed E-state index contributed by atoms with van der Waals surface area (Å²) in [5, 5.41) is 44.7. The van der Waals surface area contributed by atoms with E-state index in [0.717, 1.165) is 0 Å². The Kier molecular flexibility index (Phi) is 2.99. The Morgan fingerprint density at radius 2 is 1.50 bits per heavy atom. The molecule has 0 bridgehead atoms. The molecular weight excluding hydrogens is 169 g/mol. The highest BCUT2D eigenvalue weighted by atomic mass is 16.7. The van der Waals surface area contributed by atoms with Gasteiger partial charge in [0.1, 0.15) is 24.4 Å². The highest BCUT2D eigenvalue weighted by Gasteiger charge is 2.42. The van der Waals surface area contributed by atoms with Crippen LogP contribution in [0.3, 0.4) is 0 Å². The molecule has 12 heavy (non-hydrogen) atoms. The molecule has 1 unspecified atom stereocenters. The number of aliphatic hydroxyl groups is 5. The van der Waals surface area contributed by atoms with Gasteiger partial charge in [-0.3, -0.25) is 0 Å². The molecule has 1 saturated heterocycles. The predicted molar refractivity (Wildman–Crippen MR) is 36.0 cm³/mol. The average Bonchev–Trinajstić information content (AvgIpc) is 2.08. The largest absolute Gasteiger partial charge is 0.394 e. The molecular formula is C6H12O6. The molecule has 5 atom stereocenters. The number of ether oxygens (including phenoxy) is 1. The van der Waals surface area contributed by atoms with Gasteiger partial charge in [-0.2, -0.15) is 0 Å². The van der Waals surface area contributed by atoms with Crippen molar-refractivity contribution in [3.63, 3.8) is 0 Å². The molecule has 1 heterocycles. The van der Waals surface area contributed by atoms with Crippen LogP contribution in [0.15, 0.2) is 0 Å². The fourth-order valence-electron chi connectivity index (χ4n) is 1.08. The molecule has 1 rings (SSSR count). The monoisotopic (exact) mass is 181 g/mol. The zero-order chi connectivity index (χ0) is 9.30. The van der Waals surface area contributed by atoms with Crippen LogP contribution in [0.4, 0.5) is 0 Å². The third-order valence-corrected chi connectivity index (χ3v) is 1.87. The van der Waals surface area contributed by atoms with Crippen LogP contribution < -0.4 is 0 Å². The van der Waals surface area contributed by atoms with Crippen LogP contribution in [0, 0.1) is 0 Å². The zero-order valence-corrected chi connectivity index (χ0v) is 6.24. The van der Waals surface area contributed by atoms with E-state index in [1.165, 1.54) is 0 Å². The van der Waals surface area contributed by atoms with E-state index in [9.17, 15) is 0 Å². The van der Waals surface area contributed by atoms with Crippen molar-refractivity contribution in [3.8, 4) is 0 Å². The first-order valence-corrected chi connectivity index (χ1v) is 3.56. The minimum Gasteiger partial charge on any atom is -0.394 e. The van der Waals surface area contributed by atoms with Crippen LogP contribution in [0.25, 0.3) is 0 Å². The summed E-state index contributed by atoms with van der Waals surface area (Å²) < 4.78 is 4.58. The van der Waals surface area contributed by atoms with E-state index >= 15 is 0 Å². The summed E-state index contributed by atoms with van der Waals surface area (Å²) in [6, 6.07) is 0. The summed E-state index contributed by atoms with van der Waals surface area (Å²) in [5.41, 5.74) is 0.